The number of hydrogen-bond acceptors (Lipinski definition) is 6. The number of amides is 1. The summed E-state index contributed by atoms with van der Waals surface area (Å²) in [5, 5.41) is 3.20. The third kappa shape index (κ3) is 5.47. The average Bonchev–Trinajstić information content (AvgIpc) is 3.28. The first-order valence-electron chi connectivity index (χ1n) is 10.2. The predicted octanol–water partition coefficient (Wildman–Crippen LogP) is 5.29. The number of anilines is 1. The third-order valence-corrected chi connectivity index (χ3v) is 7.72. The molecule has 6 nitrogen and oxygen atoms in total. The summed E-state index contributed by atoms with van der Waals surface area (Å²) in [4.78, 5) is 18.3. The van der Waals surface area contributed by atoms with Crippen LogP contribution in [0.15, 0.2) is 89.8 Å². The van der Waals surface area contributed by atoms with Crippen LogP contribution in [0.3, 0.4) is 0 Å². The van der Waals surface area contributed by atoms with Gasteiger partial charge in [0, 0.05) is 12.0 Å². The Morgan fingerprint density at radius 3 is 2.12 bits per heavy atom. The van der Waals surface area contributed by atoms with Crippen LogP contribution < -0.4 is 10.1 Å². The van der Waals surface area contributed by atoms with Crippen LogP contribution in [0.25, 0.3) is 21.7 Å². The highest BCUT2D eigenvalue weighted by Gasteiger charge is 2.19. The molecule has 168 valence electrons. The lowest BCUT2D eigenvalue weighted by Crippen LogP contribution is -2.17. The monoisotopic (exact) mass is 478 g/mol. The second-order valence-corrected chi connectivity index (χ2v) is 10.3. The summed E-state index contributed by atoms with van der Waals surface area (Å²) in [6.45, 7) is 0. The van der Waals surface area contributed by atoms with Gasteiger partial charge < -0.3 is 10.1 Å². The van der Waals surface area contributed by atoms with Crippen molar-refractivity contribution in [1.29, 1.82) is 0 Å². The van der Waals surface area contributed by atoms with E-state index in [1.54, 1.807) is 12.1 Å². The second-order valence-electron chi connectivity index (χ2n) is 7.22. The fourth-order valence-electron chi connectivity index (χ4n) is 3.26. The van der Waals surface area contributed by atoms with Crippen molar-refractivity contribution in [3.05, 3.63) is 84.9 Å². The number of benzene rings is 3. The fourth-order valence-corrected chi connectivity index (χ4v) is 5.51. The highest BCUT2D eigenvalue weighted by molar-refractivity contribution is 7.91. The van der Waals surface area contributed by atoms with Gasteiger partial charge in [-0.15, -0.1) is 0 Å². The predicted molar refractivity (Wildman–Crippen MR) is 131 cm³/mol. The van der Waals surface area contributed by atoms with Crippen molar-refractivity contribution in [3.8, 4) is 27.4 Å². The first kappa shape index (κ1) is 22.7. The number of methoxy groups -OCH3 is 1. The van der Waals surface area contributed by atoms with Crippen molar-refractivity contribution in [3.63, 3.8) is 0 Å². The van der Waals surface area contributed by atoms with Crippen molar-refractivity contribution in [2.75, 3.05) is 18.2 Å². The molecule has 0 atom stereocenters. The molecule has 1 heterocycles. The van der Waals surface area contributed by atoms with Crippen LogP contribution in [-0.4, -0.2) is 32.2 Å². The Labute approximate surface area is 196 Å². The van der Waals surface area contributed by atoms with Crippen molar-refractivity contribution in [1.82, 2.24) is 4.98 Å². The Bertz CT molecular complexity index is 1280. The van der Waals surface area contributed by atoms with E-state index in [0.717, 1.165) is 21.7 Å². The molecule has 0 fully saturated rings. The molecule has 3 aromatic carbocycles. The lowest BCUT2D eigenvalue weighted by Gasteiger charge is -2.06. The van der Waals surface area contributed by atoms with Gasteiger partial charge in [0.15, 0.2) is 15.0 Å². The van der Waals surface area contributed by atoms with E-state index in [1.165, 1.54) is 30.6 Å². The van der Waals surface area contributed by atoms with Gasteiger partial charge in [-0.25, -0.2) is 13.4 Å². The first-order valence-corrected chi connectivity index (χ1v) is 12.7. The molecule has 4 aromatic rings. The molecule has 0 aliphatic heterocycles. The highest BCUT2D eigenvalue weighted by atomic mass is 32.2. The number of hydrogen-bond donors (Lipinski definition) is 1. The van der Waals surface area contributed by atoms with Crippen molar-refractivity contribution >= 4 is 32.2 Å². The molecule has 0 aliphatic rings. The zero-order chi connectivity index (χ0) is 23.3. The standard InChI is InChI=1S/C25H22N2O4S2/c1-31-20-12-14-21(15-13-20)33(29,30)17-16-22(28)26-25-27-23(18-8-4-2-5-9-18)24(32-25)19-10-6-3-7-11-19/h2-15H,16-17H2,1H3,(H,26,27,28). The zero-order valence-electron chi connectivity index (χ0n) is 17.9. The quantitative estimate of drug-likeness (QED) is 0.372. The SMILES string of the molecule is COc1ccc(S(=O)(=O)CCC(=O)Nc2nc(-c3ccccc3)c(-c3ccccc3)s2)cc1. The maximum Gasteiger partial charge on any atom is 0.227 e. The maximum absolute atomic E-state index is 12.6. The molecule has 1 amide bonds. The van der Waals surface area contributed by atoms with Gasteiger partial charge in [0.1, 0.15) is 5.75 Å². The normalized spacial score (nSPS) is 11.2. The average molecular weight is 479 g/mol. The minimum atomic E-state index is -3.59. The minimum absolute atomic E-state index is 0.156. The van der Waals surface area contributed by atoms with Gasteiger partial charge >= 0.3 is 0 Å². The number of carbonyl (C=O) groups excluding carboxylic acids is 1. The van der Waals surface area contributed by atoms with E-state index in [4.69, 9.17) is 4.74 Å². The number of sulfone groups is 1. The molecule has 0 saturated heterocycles. The molecule has 8 heteroatoms. The Hall–Kier alpha value is -3.49. The molecule has 0 radical (unpaired) electrons. The molecule has 33 heavy (non-hydrogen) atoms. The van der Waals surface area contributed by atoms with Crippen molar-refractivity contribution in [2.24, 2.45) is 0 Å². The Balaban J connectivity index is 1.50. The van der Waals surface area contributed by atoms with Gasteiger partial charge in [-0.2, -0.15) is 0 Å². The summed E-state index contributed by atoms with van der Waals surface area (Å²) < 4.78 is 30.2. The Kier molecular flexibility index (Phi) is 6.86. The van der Waals surface area contributed by atoms with E-state index >= 15 is 0 Å². The molecule has 0 unspecified atom stereocenters. The van der Waals surface area contributed by atoms with E-state index in [2.05, 4.69) is 10.3 Å². The Morgan fingerprint density at radius 1 is 0.909 bits per heavy atom. The molecule has 0 saturated carbocycles. The zero-order valence-corrected chi connectivity index (χ0v) is 19.5. The van der Waals surface area contributed by atoms with Crippen LogP contribution in [-0.2, 0) is 14.6 Å². The van der Waals surface area contributed by atoms with E-state index in [-0.39, 0.29) is 17.1 Å². The summed E-state index contributed by atoms with van der Waals surface area (Å²) in [6, 6.07) is 25.7. The third-order valence-electron chi connectivity index (χ3n) is 4.97. The topological polar surface area (TPSA) is 85.4 Å². The van der Waals surface area contributed by atoms with Crippen LogP contribution in [0.5, 0.6) is 5.75 Å². The molecule has 4 rings (SSSR count). The summed E-state index contributed by atoms with van der Waals surface area (Å²) >= 11 is 1.36. The maximum atomic E-state index is 12.6. The minimum Gasteiger partial charge on any atom is -0.497 e. The number of thiazole rings is 1. The summed E-state index contributed by atoms with van der Waals surface area (Å²) in [6.07, 6.45) is -0.171. The van der Waals surface area contributed by atoms with Gasteiger partial charge in [0.05, 0.1) is 28.3 Å². The lowest BCUT2D eigenvalue weighted by atomic mass is 10.1. The van der Waals surface area contributed by atoms with Crippen molar-refractivity contribution in [2.45, 2.75) is 11.3 Å². The van der Waals surface area contributed by atoms with Crippen LogP contribution in [0, 0.1) is 0 Å². The number of carbonyl (C=O) groups is 1. The van der Waals surface area contributed by atoms with Gasteiger partial charge in [-0.05, 0) is 29.8 Å². The number of nitrogens with zero attached hydrogens (tertiary/aromatic N) is 1. The molecule has 0 aliphatic carbocycles. The summed E-state index contributed by atoms with van der Waals surface area (Å²) in [7, 11) is -2.08. The molecular weight excluding hydrogens is 456 g/mol. The van der Waals surface area contributed by atoms with E-state index in [9.17, 15) is 13.2 Å². The largest absolute Gasteiger partial charge is 0.497 e. The molecule has 1 aromatic heterocycles. The smallest absolute Gasteiger partial charge is 0.227 e. The van der Waals surface area contributed by atoms with Crippen molar-refractivity contribution < 1.29 is 17.9 Å². The number of ether oxygens (including phenoxy) is 1. The molecule has 0 bridgehead atoms. The number of nitrogens with one attached hydrogen (secondary N) is 1. The first-order chi connectivity index (χ1) is 16.0. The van der Waals surface area contributed by atoms with Gasteiger partial charge in [0.25, 0.3) is 0 Å². The van der Waals surface area contributed by atoms with E-state index in [0.29, 0.717) is 10.9 Å². The van der Waals surface area contributed by atoms with E-state index < -0.39 is 15.7 Å². The molecule has 0 spiro atoms. The van der Waals surface area contributed by atoms with E-state index in [1.807, 2.05) is 60.7 Å². The van der Waals surface area contributed by atoms with Crippen LogP contribution in [0.4, 0.5) is 5.13 Å². The van der Waals surface area contributed by atoms with Crippen LogP contribution >= 0.6 is 11.3 Å². The fraction of sp³-hybridized carbons (Fsp3) is 0.120. The van der Waals surface area contributed by atoms with Crippen LogP contribution in [0.1, 0.15) is 6.42 Å². The molecule has 1 N–H and O–H groups in total. The van der Waals surface area contributed by atoms with Gasteiger partial charge in [0.2, 0.25) is 5.91 Å². The Morgan fingerprint density at radius 2 is 1.52 bits per heavy atom. The van der Waals surface area contributed by atoms with Gasteiger partial charge in [-0.3, -0.25) is 4.79 Å². The lowest BCUT2D eigenvalue weighted by molar-refractivity contribution is -0.115. The number of rotatable bonds is 8. The second kappa shape index (κ2) is 9.97. The highest BCUT2D eigenvalue weighted by Crippen LogP contribution is 2.38. The summed E-state index contributed by atoms with van der Waals surface area (Å²) in [5.41, 5.74) is 2.71. The molecular formula is C25H22N2O4S2. The summed E-state index contributed by atoms with van der Waals surface area (Å²) in [5.74, 6) is -0.132. The number of aromatic nitrogens is 1. The van der Waals surface area contributed by atoms with Crippen LogP contribution in [0.2, 0.25) is 0 Å². The van der Waals surface area contributed by atoms with Gasteiger partial charge in [-0.1, -0.05) is 72.0 Å².